The standard InChI is InChI=1S/C22H31NO4S/c1-7-22(18(3)16-23(4)5,19-9-8-10-20(15-19)26-6)27-28(24,25)21-13-11-17(2)12-14-21/h8-15,18H,7,16H2,1-6H3/t18-,22-/m1/s1. The number of nitrogens with zero attached hydrogens (tertiary/aromatic N) is 1. The Morgan fingerprint density at radius 1 is 1.11 bits per heavy atom. The maximum Gasteiger partial charge on any atom is 0.297 e. The maximum atomic E-state index is 13.2. The number of hydrogen-bond acceptors (Lipinski definition) is 5. The van der Waals surface area contributed by atoms with Gasteiger partial charge in [-0.2, -0.15) is 8.42 Å². The summed E-state index contributed by atoms with van der Waals surface area (Å²) < 4.78 is 37.7. The van der Waals surface area contributed by atoms with E-state index >= 15 is 0 Å². The van der Waals surface area contributed by atoms with Gasteiger partial charge in [-0.25, -0.2) is 0 Å². The molecule has 0 aromatic heterocycles. The van der Waals surface area contributed by atoms with Gasteiger partial charge < -0.3 is 9.64 Å². The van der Waals surface area contributed by atoms with Crippen LogP contribution in [0.4, 0.5) is 0 Å². The molecule has 0 saturated heterocycles. The number of ether oxygens (including phenoxy) is 1. The minimum Gasteiger partial charge on any atom is -0.497 e. The van der Waals surface area contributed by atoms with E-state index in [-0.39, 0.29) is 10.8 Å². The molecule has 0 N–H and O–H groups in total. The van der Waals surface area contributed by atoms with Gasteiger partial charge in [-0.1, -0.05) is 43.7 Å². The Morgan fingerprint density at radius 2 is 1.75 bits per heavy atom. The van der Waals surface area contributed by atoms with Crippen molar-refractivity contribution in [3.05, 3.63) is 59.7 Å². The van der Waals surface area contributed by atoms with Gasteiger partial charge in [0.25, 0.3) is 10.1 Å². The SMILES string of the molecule is CC[C@](OS(=O)(=O)c1ccc(C)cc1)(c1cccc(OC)c1)[C@H](C)CN(C)C. The fourth-order valence-corrected chi connectivity index (χ4v) is 4.89. The van der Waals surface area contributed by atoms with Crippen LogP contribution in [0, 0.1) is 12.8 Å². The predicted octanol–water partition coefficient (Wildman–Crippen LogP) is 4.21. The Kier molecular flexibility index (Phi) is 7.26. The molecule has 6 heteroatoms. The van der Waals surface area contributed by atoms with Gasteiger partial charge in [-0.05, 0) is 57.3 Å². The van der Waals surface area contributed by atoms with Gasteiger partial charge in [0.15, 0.2) is 0 Å². The van der Waals surface area contributed by atoms with E-state index in [0.717, 1.165) is 11.1 Å². The molecule has 2 aromatic rings. The van der Waals surface area contributed by atoms with Gasteiger partial charge in [0, 0.05) is 12.5 Å². The lowest BCUT2D eigenvalue weighted by Crippen LogP contribution is -2.42. The normalized spacial score (nSPS) is 15.2. The fraction of sp³-hybridized carbons (Fsp3) is 0.455. The molecule has 2 aromatic carbocycles. The van der Waals surface area contributed by atoms with E-state index in [9.17, 15) is 8.42 Å². The quantitative estimate of drug-likeness (QED) is 0.585. The van der Waals surface area contributed by atoms with Crippen molar-refractivity contribution >= 4 is 10.1 Å². The van der Waals surface area contributed by atoms with Crippen molar-refractivity contribution in [3.63, 3.8) is 0 Å². The molecule has 0 bridgehead atoms. The third-order valence-electron chi connectivity index (χ3n) is 5.09. The van der Waals surface area contributed by atoms with Crippen LogP contribution in [0.1, 0.15) is 31.4 Å². The van der Waals surface area contributed by atoms with Crippen LogP contribution in [0.15, 0.2) is 53.4 Å². The van der Waals surface area contributed by atoms with Crippen LogP contribution in [0.25, 0.3) is 0 Å². The molecular weight excluding hydrogens is 374 g/mol. The second-order valence-electron chi connectivity index (χ2n) is 7.49. The summed E-state index contributed by atoms with van der Waals surface area (Å²) in [5, 5.41) is 0. The van der Waals surface area contributed by atoms with Gasteiger partial charge in [0.1, 0.15) is 11.4 Å². The zero-order valence-electron chi connectivity index (χ0n) is 17.6. The minimum absolute atomic E-state index is 0.0835. The van der Waals surface area contributed by atoms with E-state index in [4.69, 9.17) is 8.92 Å². The first kappa shape index (κ1) is 22.4. The highest BCUT2D eigenvalue weighted by atomic mass is 32.2. The number of rotatable bonds is 9. The predicted molar refractivity (Wildman–Crippen MR) is 112 cm³/mol. The highest BCUT2D eigenvalue weighted by molar-refractivity contribution is 7.86. The molecule has 5 nitrogen and oxygen atoms in total. The molecular formula is C22H31NO4S. The Hall–Kier alpha value is -1.89. The van der Waals surface area contributed by atoms with Crippen LogP contribution in [0.3, 0.4) is 0 Å². The smallest absolute Gasteiger partial charge is 0.297 e. The van der Waals surface area contributed by atoms with E-state index in [1.165, 1.54) is 0 Å². The second-order valence-corrected chi connectivity index (χ2v) is 9.04. The largest absolute Gasteiger partial charge is 0.497 e. The van der Waals surface area contributed by atoms with Crippen molar-refractivity contribution in [2.45, 2.75) is 37.7 Å². The molecule has 0 saturated carbocycles. The maximum absolute atomic E-state index is 13.2. The zero-order valence-corrected chi connectivity index (χ0v) is 18.4. The summed E-state index contributed by atoms with van der Waals surface area (Å²) >= 11 is 0. The monoisotopic (exact) mass is 405 g/mol. The summed E-state index contributed by atoms with van der Waals surface area (Å²) in [5.41, 5.74) is 0.775. The van der Waals surface area contributed by atoms with Crippen molar-refractivity contribution in [3.8, 4) is 5.75 Å². The van der Waals surface area contributed by atoms with Crippen molar-refractivity contribution in [1.82, 2.24) is 4.90 Å². The Bertz CT molecular complexity index is 878. The van der Waals surface area contributed by atoms with Crippen LogP contribution in [0.5, 0.6) is 5.75 Å². The molecule has 0 amide bonds. The highest BCUT2D eigenvalue weighted by Gasteiger charge is 2.42. The van der Waals surface area contributed by atoms with E-state index in [2.05, 4.69) is 0 Å². The molecule has 0 unspecified atom stereocenters. The van der Waals surface area contributed by atoms with Crippen molar-refractivity contribution in [2.75, 3.05) is 27.7 Å². The van der Waals surface area contributed by atoms with Gasteiger partial charge in [-0.3, -0.25) is 4.18 Å². The van der Waals surface area contributed by atoms with E-state index in [0.29, 0.717) is 18.7 Å². The summed E-state index contributed by atoms with van der Waals surface area (Å²) in [6, 6.07) is 14.2. The van der Waals surface area contributed by atoms with Crippen LogP contribution >= 0.6 is 0 Å². The number of benzene rings is 2. The Morgan fingerprint density at radius 3 is 2.29 bits per heavy atom. The molecule has 2 rings (SSSR count). The third kappa shape index (κ3) is 4.93. The van der Waals surface area contributed by atoms with E-state index in [1.807, 2.05) is 64.0 Å². The van der Waals surface area contributed by atoms with Crippen molar-refractivity contribution < 1.29 is 17.3 Å². The van der Waals surface area contributed by atoms with Gasteiger partial charge in [-0.15, -0.1) is 0 Å². The van der Waals surface area contributed by atoms with Crippen LogP contribution < -0.4 is 4.74 Å². The number of methoxy groups -OCH3 is 1. The van der Waals surface area contributed by atoms with Gasteiger partial charge in [0.2, 0.25) is 0 Å². The van der Waals surface area contributed by atoms with Crippen molar-refractivity contribution in [2.24, 2.45) is 5.92 Å². The molecule has 0 spiro atoms. The lowest BCUT2D eigenvalue weighted by Gasteiger charge is -2.39. The minimum atomic E-state index is -3.95. The van der Waals surface area contributed by atoms with E-state index < -0.39 is 15.7 Å². The Labute approximate surface area is 169 Å². The average Bonchev–Trinajstić information content (AvgIpc) is 2.66. The molecule has 0 aliphatic carbocycles. The van der Waals surface area contributed by atoms with Crippen LogP contribution in [0.2, 0.25) is 0 Å². The Balaban J connectivity index is 2.57. The van der Waals surface area contributed by atoms with Crippen LogP contribution in [-0.2, 0) is 19.9 Å². The van der Waals surface area contributed by atoms with Gasteiger partial charge in [0.05, 0.1) is 12.0 Å². The molecule has 0 fully saturated rings. The zero-order chi connectivity index (χ0) is 20.9. The lowest BCUT2D eigenvalue weighted by atomic mass is 9.80. The molecule has 0 heterocycles. The molecule has 2 atom stereocenters. The molecule has 0 radical (unpaired) electrons. The van der Waals surface area contributed by atoms with Crippen LogP contribution in [-0.4, -0.2) is 41.1 Å². The summed E-state index contributed by atoms with van der Waals surface area (Å²) in [5.74, 6) is 0.587. The molecule has 28 heavy (non-hydrogen) atoms. The fourth-order valence-electron chi connectivity index (χ4n) is 3.56. The average molecular weight is 406 g/mol. The second kappa shape index (κ2) is 9.07. The molecule has 0 aliphatic rings. The highest BCUT2D eigenvalue weighted by Crippen LogP contribution is 2.41. The first-order chi connectivity index (χ1) is 13.1. The summed E-state index contributed by atoms with van der Waals surface area (Å²) in [6.45, 7) is 6.57. The molecule has 154 valence electrons. The van der Waals surface area contributed by atoms with E-state index in [1.54, 1.807) is 31.4 Å². The third-order valence-corrected chi connectivity index (χ3v) is 6.45. The summed E-state index contributed by atoms with van der Waals surface area (Å²) in [4.78, 5) is 2.20. The topological polar surface area (TPSA) is 55.8 Å². The van der Waals surface area contributed by atoms with Crippen molar-refractivity contribution in [1.29, 1.82) is 0 Å². The molecule has 0 aliphatic heterocycles. The summed E-state index contributed by atoms with van der Waals surface area (Å²) in [7, 11) is 1.58. The van der Waals surface area contributed by atoms with Gasteiger partial charge >= 0.3 is 0 Å². The first-order valence-electron chi connectivity index (χ1n) is 9.46. The number of aryl methyl sites for hydroxylation is 1. The first-order valence-corrected chi connectivity index (χ1v) is 10.9. The lowest BCUT2D eigenvalue weighted by molar-refractivity contribution is 0.00258. The summed E-state index contributed by atoms with van der Waals surface area (Å²) in [6.07, 6.45) is 0.500. The number of hydrogen-bond donors (Lipinski definition) is 0.